The van der Waals surface area contributed by atoms with E-state index in [9.17, 15) is 4.79 Å². The van der Waals surface area contributed by atoms with Gasteiger partial charge in [-0.1, -0.05) is 33.6 Å². The van der Waals surface area contributed by atoms with E-state index in [1.165, 1.54) is 0 Å². The van der Waals surface area contributed by atoms with E-state index in [0.717, 1.165) is 19.6 Å². The third-order valence-electron chi connectivity index (χ3n) is 2.73. The Morgan fingerprint density at radius 2 is 2.21 bits per heavy atom. The number of carbonyl (C=O) groups is 1. The normalized spacial score (nSPS) is 18.9. The van der Waals surface area contributed by atoms with Crippen LogP contribution in [0.5, 0.6) is 0 Å². The third-order valence-corrected chi connectivity index (χ3v) is 2.73. The van der Waals surface area contributed by atoms with Gasteiger partial charge in [0.2, 0.25) is 5.91 Å². The lowest BCUT2D eigenvalue weighted by molar-refractivity contribution is -0.125. The lowest BCUT2D eigenvalue weighted by atomic mass is 10.2. The molecule has 1 rings (SSSR count). The molecule has 0 bridgehead atoms. The van der Waals surface area contributed by atoms with Crippen LogP contribution in [0.15, 0.2) is 0 Å². The number of nitrogens with one attached hydrogen (secondary N) is 1. The van der Waals surface area contributed by atoms with Crippen molar-refractivity contribution in [1.29, 1.82) is 0 Å². The summed E-state index contributed by atoms with van der Waals surface area (Å²) in [7, 11) is 0. The Kier molecular flexibility index (Phi) is 10.2. The molecule has 0 aromatic heterocycles. The van der Waals surface area contributed by atoms with E-state index in [0.29, 0.717) is 13.2 Å². The zero-order chi connectivity index (χ0) is 14.7. The molecular weight excluding hydrogens is 240 g/mol. The summed E-state index contributed by atoms with van der Waals surface area (Å²) < 4.78 is 5.61. The smallest absolute Gasteiger partial charge is 0.222 e. The van der Waals surface area contributed by atoms with Crippen molar-refractivity contribution in [2.24, 2.45) is 5.92 Å². The molecule has 1 fully saturated rings. The number of morpholine rings is 1. The first-order valence-electron chi connectivity index (χ1n) is 7.14. The lowest BCUT2D eigenvalue weighted by Gasteiger charge is -2.31. The molecule has 1 aliphatic heterocycles. The largest absolute Gasteiger partial charge is 0.374 e. The number of amides is 1. The summed E-state index contributed by atoms with van der Waals surface area (Å²) in [5.74, 6) is 6.06. The fourth-order valence-corrected chi connectivity index (χ4v) is 1.66. The first kappa shape index (κ1) is 17.9. The average molecular weight is 270 g/mol. The van der Waals surface area contributed by atoms with Gasteiger partial charge in [-0.05, 0) is 6.92 Å². The second-order valence-electron chi connectivity index (χ2n) is 4.55. The highest BCUT2D eigenvalue weighted by Crippen LogP contribution is 2.04. The van der Waals surface area contributed by atoms with Crippen LogP contribution in [0.3, 0.4) is 0 Å². The fourth-order valence-electron chi connectivity index (χ4n) is 1.66. The van der Waals surface area contributed by atoms with Gasteiger partial charge in [0.05, 0.1) is 19.3 Å². The van der Waals surface area contributed by atoms with Crippen molar-refractivity contribution in [3.05, 3.63) is 0 Å². The van der Waals surface area contributed by atoms with Crippen LogP contribution in [-0.2, 0) is 9.53 Å². The molecule has 1 N–H and O–H groups in total. The summed E-state index contributed by atoms with van der Waals surface area (Å²) in [6.45, 7) is 13.5. The fraction of sp³-hybridized carbons (Fsp3) is 0.800. The van der Waals surface area contributed by atoms with Crippen LogP contribution in [0.1, 0.15) is 36.0 Å². The lowest BCUT2D eigenvalue weighted by Crippen LogP contribution is -2.48. The van der Waals surface area contributed by atoms with E-state index in [4.69, 9.17) is 4.74 Å². The van der Waals surface area contributed by atoms with Crippen molar-refractivity contribution in [3.8, 4) is 11.8 Å². The van der Waals surface area contributed by atoms with Gasteiger partial charge in [0.15, 0.2) is 0 Å². The summed E-state index contributed by atoms with van der Waals surface area (Å²) >= 11 is 0. The number of hydrogen-bond acceptors (Lipinski definition) is 3. The van der Waals surface area contributed by atoms with Crippen molar-refractivity contribution in [3.63, 3.8) is 0 Å². The van der Waals surface area contributed by atoms with Gasteiger partial charge in [-0.3, -0.25) is 9.69 Å². The molecule has 19 heavy (non-hydrogen) atoms. The van der Waals surface area contributed by atoms with Crippen molar-refractivity contribution in [2.75, 3.05) is 32.8 Å². The SMILES string of the molecule is CC.CC#CCN1CCO[C@H](CNC(=O)C(C)C)C1.[HH]. The van der Waals surface area contributed by atoms with Crippen molar-refractivity contribution in [1.82, 2.24) is 10.2 Å². The van der Waals surface area contributed by atoms with Crippen molar-refractivity contribution < 1.29 is 11.0 Å². The minimum Gasteiger partial charge on any atom is -0.374 e. The van der Waals surface area contributed by atoms with Crippen LogP contribution in [0.4, 0.5) is 0 Å². The average Bonchev–Trinajstić information content (AvgIpc) is 2.45. The minimum atomic E-state index is 0. The number of nitrogens with zero attached hydrogens (tertiary/aromatic N) is 1. The standard InChI is InChI=1S/C13H22N2O2.C2H6.H2/c1-4-5-6-15-7-8-17-12(10-15)9-14-13(16)11(2)3;1-2;/h11-12H,6-10H2,1-3H3,(H,14,16);1-2H3;1H/t12-;;/m1../s1. The van der Waals surface area contributed by atoms with Crippen LogP contribution in [-0.4, -0.2) is 49.7 Å². The molecule has 4 nitrogen and oxygen atoms in total. The van der Waals surface area contributed by atoms with E-state index in [-0.39, 0.29) is 19.4 Å². The van der Waals surface area contributed by atoms with E-state index in [2.05, 4.69) is 22.1 Å². The molecule has 0 radical (unpaired) electrons. The summed E-state index contributed by atoms with van der Waals surface area (Å²) in [6, 6.07) is 0. The summed E-state index contributed by atoms with van der Waals surface area (Å²) in [4.78, 5) is 13.7. The molecule has 0 saturated carbocycles. The number of hydrogen-bond donors (Lipinski definition) is 1. The van der Waals surface area contributed by atoms with Crippen LogP contribution in [0.25, 0.3) is 0 Å². The number of ether oxygens (including phenoxy) is 1. The second-order valence-corrected chi connectivity index (χ2v) is 4.55. The Labute approximate surface area is 119 Å². The molecule has 0 aliphatic carbocycles. The van der Waals surface area contributed by atoms with Crippen LogP contribution in [0, 0.1) is 17.8 Å². The maximum absolute atomic E-state index is 11.4. The second kappa shape index (κ2) is 10.8. The number of carbonyl (C=O) groups excluding carboxylic acids is 1. The van der Waals surface area contributed by atoms with Crippen molar-refractivity contribution >= 4 is 5.91 Å². The van der Waals surface area contributed by atoms with Gasteiger partial charge in [-0.2, -0.15) is 0 Å². The molecular formula is C15H30N2O2. The molecule has 1 atom stereocenters. The quantitative estimate of drug-likeness (QED) is 0.791. The predicted molar refractivity (Wildman–Crippen MR) is 80.9 cm³/mol. The molecule has 0 aromatic carbocycles. The Morgan fingerprint density at radius 1 is 1.53 bits per heavy atom. The van der Waals surface area contributed by atoms with Gasteiger partial charge in [-0.15, -0.1) is 5.92 Å². The Bertz CT molecular complexity index is 311. The first-order chi connectivity index (χ1) is 9.13. The molecule has 112 valence electrons. The molecule has 0 aromatic rings. The molecule has 1 aliphatic rings. The first-order valence-corrected chi connectivity index (χ1v) is 7.14. The molecule has 0 spiro atoms. The van der Waals surface area contributed by atoms with Gasteiger partial charge in [0.1, 0.15) is 0 Å². The maximum Gasteiger partial charge on any atom is 0.222 e. The minimum absolute atomic E-state index is 0. The zero-order valence-electron chi connectivity index (χ0n) is 13.0. The van der Waals surface area contributed by atoms with Gasteiger partial charge in [-0.25, -0.2) is 0 Å². The third kappa shape index (κ3) is 7.86. The molecule has 0 unspecified atom stereocenters. The molecule has 1 heterocycles. The topological polar surface area (TPSA) is 41.6 Å². The predicted octanol–water partition coefficient (Wildman–Crippen LogP) is 1.75. The van der Waals surface area contributed by atoms with E-state index >= 15 is 0 Å². The summed E-state index contributed by atoms with van der Waals surface area (Å²) in [6.07, 6.45) is 0.0881. The van der Waals surface area contributed by atoms with Crippen LogP contribution < -0.4 is 5.32 Å². The van der Waals surface area contributed by atoms with Gasteiger partial charge >= 0.3 is 0 Å². The van der Waals surface area contributed by atoms with E-state index in [1.807, 2.05) is 34.6 Å². The zero-order valence-corrected chi connectivity index (χ0v) is 13.0. The van der Waals surface area contributed by atoms with E-state index in [1.54, 1.807) is 0 Å². The van der Waals surface area contributed by atoms with Gasteiger partial charge < -0.3 is 10.1 Å². The maximum atomic E-state index is 11.4. The Hall–Kier alpha value is -1.05. The molecule has 1 amide bonds. The number of rotatable bonds is 4. The Balaban J connectivity index is 0. The Morgan fingerprint density at radius 3 is 2.79 bits per heavy atom. The highest BCUT2D eigenvalue weighted by atomic mass is 16.5. The monoisotopic (exact) mass is 270 g/mol. The van der Waals surface area contributed by atoms with E-state index < -0.39 is 0 Å². The van der Waals surface area contributed by atoms with Crippen molar-refractivity contribution in [2.45, 2.75) is 40.7 Å². The molecule has 4 heteroatoms. The van der Waals surface area contributed by atoms with Crippen LogP contribution in [0.2, 0.25) is 0 Å². The summed E-state index contributed by atoms with van der Waals surface area (Å²) in [5, 5.41) is 2.90. The molecule has 1 saturated heterocycles. The van der Waals surface area contributed by atoms with Crippen LogP contribution >= 0.6 is 0 Å². The highest BCUT2D eigenvalue weighted by Gasteiger charge is 2.20. The van der Waals surface area contributed by atoms with Gasteiger partial charge in [0.25, 0.3) is 0 Å². The summed E-state index contributed by atoms with van der Waals surface area (Å²) in [5.41, 5.74) is 0. The van der Waals surface area contributed by atoms with Gasteiger partial charge in [0, 0.05) is 27.0 Å². The highest BCUT2D eigenvalue weighted by molar-refractivity contribution is 5.77.